The molecule has 0 unspecified atom stereocenters. The van der Waals surface area contributed by atoms with Crippen molar-refractivity contribution in [3.05, 3.63) is 11.7 Å². The summed E-state index contributed by atoms with van der Waals surface area (Å²) in [5, 5.41) is 7.04. The first-order chi connectivity index (χ1) is 6.24. The van der Waals surface area contributed by atoms with Gasteiger partial charge in [-0.3, -0.25) is 0 Å². The number of hydrogen-bond acceptors (Lipinski definition) is 4. The molecule has 1 aliphatic rings. The van der Waals surface area contributed by atoms with E-state index in [0.29, 0.717) is 0 Å². The molecule has 4 nitrogen and oxygen atoms in total. The summed E-state index contributed by atoms with van der Waals surface area (Å²) in [5.41, 5.74) is 0.224. The number of nitrogens with zero attached hydrogens (tertiary/aromatic N) is 2. The van der Waals surface area contributed by atoms with Crippen molar-refractivity contribution in [3.8, 4) is 0 Å². The Balaban J connectivity index is 2.01. The molecule has 0 aliphatic heterocycles. The van der Waals surface area contributed by atoms with Crippen molar-refractivity contribution in [2.75, 3.05) is 13.6 Å². The second kappa shape index (κ2) is 3.10. The molecule has 0 bridgehead atoms. The Labute approximate surface area is 77.7 Å². The highest BCUT2D eigenvalue weighted by molar-refractivity contribution is 5.14. The van der Waals surface area contributed by atoms with Gasteiger partial charge in [-0.05, 0) is 19.9 Å². The molecule has 1 aliphatic carbocycles. The third-order valence-electron chi connectivity index (χ3n) is 2.60. The van der Waals surface area contributed by atoms with Crippen LogP contribution in [0.5, 0.6) is 0 Å². The van der Waals surface area contributed by atoms with Crippen LogP contribution in [-0.4, -0.2) is 23.7 Å². The van der Waals surface area contributed by atoms with Gasteiger partial charge in [0.1, 0.15) is 0 Å². The molecule has 1 saturated carbocycles. The van der Waals surface area contributed by atoms with E-state index in [1.807, 2.05) is 7.05 Å². The maximum Gasteiger partial charge on any atom is 0.227 e. The quantitative estimate of drug-likeness (QED) is 0.749. The molecule has 1 N–H and O–H groups in total. The summed E-state index contributed by atoms with van der Waals surface area (Å²) < 4.78 is 5.13. The Morgan fingerprint density at radius 3 is 2.92 bits per heavy atom. The fourth-order valence-corrected chi connectivity index (χ4v) is 1.24. The second-order valence-electron chi connectivity index (χ2n) is 3.93. The fraction of sp³-hybridized carbons (Fsp3) is 0.778. The highest BCUT2D eigenvalue weighted by Crippen LogP contribution is 2.45. The Hall–Kier alpha value is -0.900. The van der Waals surface area contributed by atoms with Gasteiger partial charge in [-0.15, -0.1) is 0 Å². The van der Waals surface area contributed by atoms with Gasteiger partial charge in [0, 0.05) is 18.4 Å². The Morgan fingerprint density at radius 2 is 2.31 bits per heavy atom. The average molecular weight is 181 g/mol. The normalized spacial score (nSPS) is 18.9. The topological polar surface area (TPSA) is 51.0 Å². The van der Waals surface area contributed by atoms with Gasteiger partial charge in [-0.2, -0.15) is 4.98 Å². The highest BCUT2D eigenvalue weighted by atomic mass is 16.5. The van der Waals surface area contributed by atoms with Crippen molar-refractivity contribution in [1.29, 1.82) is 0 Å². The lowest BCUT2D eigenvalue weighted by atomic mass is 10.1. The van der Waals surface area contributed by atoms with Gasteiger partial charge in [-0.25, -0.2) is 0 Å². The molecule has 0 amide bonds. The summed E-state index contributed by atoms with van der Waals surface area (Å²) >= 11 is 0. The third kappa shape index (κ3) is 1.72. The van der Waals surface area contributed by atoms with Crippen LogP contribution in [0.4, 0.5) is 0 Å². The second-order valence-corrected chi connectivity index (χ2v) is 3.93. The van der Waals surface area contributed by atoms with Gasteiger partial charge in [-0.1, -0.05) is 12.1 Å². The Kier molecular flexibility index (Phi) is 2.07. The standard InChI is InChI=1S/C9H15N3O/c1-9(4-5-9)8-11-7(13-12-8)3-6-10-2/h10H,3-6H2,1-2H3. The zero-order valence-electron chi connectivity index (χ0n) is 8.13. The zero-order valence-corrected chi connectivity index (χ0v) is 8.13. The van der Waals surface area contributed by atoms with Crippen LogP contribution in [-0.2, 0) is 11.8 Å². The van der Waals surface area contributed by atoms with Crippen LogP contribution in [0.1, 0.15) is 31.5 Å². The first kappa shape index (κ1) is 8.69. The van der Waals surface area contributed by atoms with Crippen LogP contribution < -0.4 is 5.32 Å². The largest absolute Gasteiger partial charge is 0.339 e. The maximum atomic E-state index is 5.13. The zero-order chi connectivity index (χ0) is 9.31. The van der Waals surface area contributed by atoms with Crippen LogP contribution in [0.3, 0.4) is 0 Å². The summed E-state index contributed by atoms with van der Waals surface area (Å²) in [6.45, 7) is 3.07. The summed E-state index contributed by atoms with van der Waals surface area (Å²) in [5.74, 6) is 1.64. The van der Waals surface area contributed by atoms with E-state index in [4.69, 9.17) is 4.52 Å². The lowest BCUT2D eigenvalue weighted by molar-refractivity contribution is 0.368. The molecule has 1 fully saturated rings. The van der Waals surface area contributed by atoms with E-state index in [9.17, 15) is 0 Å². The van der Waals surface area contributed by atoms with Crippen molar-refractivity contribution in [3.63, 3.8) is 0 Å². The summed E-state index contributed by atoms with van der Waals surface area (Å²) in [7, 11) is 1.92. The number of hydrogen-bond donors (Lipinski definition) is 1. The predicted molar refractivity (Wildman–Crippen MR) is 48.5 cm³/mol. The SMILES string of the molecule is CNCCc1nc(C2(C)CC2)no1. The molecule has 0 radical (unpaired) electrons. The van der Waals surface area contributed by atoms with E-state index in [1.165, 1.54) is 12.8 Å². The van der Waals surface area contributed by atoms with Crippen LogP contribution in [0.2, 0.25) is 0 Å². The molecule has 1 aromatic heterocycles. The highest BCUT2D eigenvalue weighted by Gasteiger charge is 2.43. The molecular weight excluding hydrogens is 166 g/mol. The molecule has 4 heteroatoms. The number of nitrogens with one attached hydrogen (secondary N) is 1. The van der Waals surface area contributed by atoms with Crippen LogP contribution in [0.15, 0.2) is 4.52 Å². The van der Waals surface area contributed by atoms with Gasteiger partial charge >= 0.3 is 0 Å². The lowest BCUT2D eigenvalue weighted by Crippen LogP contribution is -2.10. The number of aromatic nitrogens is 2. The van der Waals surface area contributed by atoms with Crippen molar-refractivity contribution in [1.82, 2.24) is 15.5 Å². The van der Waals surface area contributed by atoms with Crippen molar-refractivity contribution in [2.24, 2.45) is 0 Å². The molecule has 2 rings (SSSR count). The van der Waals surface area contributed by atoms with Gasteiger partial charge in [0.05, 0.1) is 0 Å². The minimum atomic E-state index is 0.224. The van der Waals surface area contributed by atoms with Crippen molar-refractivity contribution >= 4 is 0 Å². The van der Waals surface area contributed by atoms with Gasteiger partial charge in [0.15, 0.2) is 5.82 Å². The summed E-state index contributed by atoms with van der Waals surface area (Å²) in [6, 6.07) is 0. The maximum absolute atomic E-state index is 5.13. The molecule has 0 spiro atoms. The molecule has 0 atom stereocenters. The molecule has 13 heavy (non-hydrogen) atoms. The third-order valence-corrected chi connectivity index (χ3v) is 2.60. The Morgan fingerprint density at radius 1 is 1.54 bits per heavy atom. The number of likely N-dealkylation sites (N-methyl/N-ethyl adjacent to an activating group) is 1. The molecular formula is C9H15N3O. The first-order valence-electron chi connectivity index (χ1n) is 4.72. The fourth-order valence-electron chi connectivity index (χ4n) is 1.24. The summed E-state index contributed by atoms with van der Waals surface area (Å²) in [6.07, 6.45) is 3.20. The van der Waals surface area contributed by atoms with E-state index >= 15 is 0 Å². The first-order valence-corrected chi connectivity index (χ1v) is 4.72. The monoisotopic (exact) mass is 181 g/mol. The van der Waals surface area contributed by atoms with Crippen molar-refractivity contribution in [2.45, 2.75) is 31.6 Å². The minimum Gasteiger partial charge on any atom is -0.339 e. The minimum absolute atomic E-state index is 0.224. The molecule has 0 aromatic carbocycles. The number of rotatable bonds is 4. The molecule has 72 valence electrons. The van der Waals surface area contributed by atoms with Crippen molar-refractivity contribution < 1.29 is 4.52 Å². The van der Waals surface area contributed by atoms with E-state index in [2.05, 4.69) is 22.4 Å². The molecule has 1 aromatic rings. The molecule has 0 saturated heterocycles. The van der Waals surface area contributed by atoms with E-state index in [0.717, 1.165) is 24.7 Å². The summed E-state index contributed by atoms with van der Waals surface area (Å²) in [4.78, 5) is 4.36. The van der Waals surface area contributed by atoms with Crippen LogP contribution in [0, 0.1) is 0 Å². The van der Waals surface area contributed by atoms with E-state index in [1.54, 1.807) is 0 Å². The van der Waals surface area contributed by atoms with Crippen LogP contribution in [0.25, 0.3) is 0 Å². The van der Waals surface area contributed by atoms with Crippen LogP contribution >= 0.6 is 0 Å². The Bertz CT molecular complexity index is 291. The van der Waals surface area contributed by atoms with Gasteiger partial charge in [0.25, 0.3) is 0 Å². The van der Waals surface area contributed by atoms with Gasteiger partial charge in [0.2, 0.25) is 5.89 Å². The predicted octanol–water partition coefficient (Wildman–Crippen LogP) is 0.883. The van der Waals surface area contributed by atoms with Gasteiger partial charge < -0.3 is 9.84 Å². The smallest absolute Gasteiger partial charge is 0.227 e. The van der Waals surface area contributed by atoms with E-state index < -0.39 is 0 Å². The lowest BCUT2D eigenvalue weighted by Gasteiger charge is -1.97. The average Bonchev–Trinajstić information content (AvgIpc) is 2.69. The molecule has 1 heterocycles. The van der Waals surface area contributed by atoms with E-state index in [-0.39, 0.29) is 5.41 Å².